The fraction of sp³-hybridized carbons (Fsp3) is 0.900. The van der Waals surface area contributed by atoms with E-state index >= 15 is 0 Å². The number of hydrogen-bond donors (Lipinski definition) is 0. The Hall–Kier alpha value is -0.410. The van der Waals surface area contributed by atoms with Gasteiger partial charge in [-0.1, -0.05) is 20.3 Å². The highest BCUT2D eigenvalue weighted by atomic mass is 16.7. The van der Waals surface area contributed by atoms with E-state index in [0.717, 1.165) is 19.1 Å². The topological polar surface area (TPSA) is 35.5 Å². The lowest BCUT2D eigenvalue weighted by atomic mass is 10.0. The third-order valence-corrected chi connectivity index (χ3v) is 2.07. The molecule has 0 aromatic carbocycles. The van der Waals surface area contributed by atoms with Gasteiger partial charge in [-0.05, 0) is 13.3 Å². The summed E-state index contributed by atoms with van der Waals surface area (Å²) in [4.78, 5) is 10.6. The van der Waals surface area contributed by atoms with Crippen molar-refractivity contribution in [3.63, 3.8) is 0 Å². The zero-order chi connectivity index (χ0) is 10.3. The highest BCUT2D eigenvalue weighted by molar-refractivity contribution is 5.53. The van der Waals surface area contributed by atoms with Crippen LogP contribution in [0, 0.1) is 5.92 Å². The van der Waals surface area contributed by atoms with Gasteiger partial charge in [0.1, 0.15) is 6.29 Å². The van der Waals surface area contributed by atoms with E-state index in [1.165, 1.54) is 0 Å². The lowest BCUT2D eigenvalue weighted by Crippen LogP contribution is -2.28. The van der Waals surface area contributed by atoms with Gasteiger partial charge >= 0.3 is 0 Å². The van der Waals surface area contributed by atoms with E-state index in [4.69, 9.17) is 9.47 Å². The number of hydrogen-bond acceptors (Lipinski definition) is 3. The van der Waals surface area contributed by atoms with Crippen LogP contribution in [-0.4, -0.2) is 25.8 Å². The van der Waals surface area contributed by atoms with Crippen molar-refractivity contribution in [3.05, 3.63) is 0 Å². The van der Waals surface area contributed by atoms with Gasteiger partial charge in [-0.15, -0.1) is 0 Å². The third-order valence-electron chi connectivity index (χ3n) is 2.07. The Bertz CT molecular complexity index is 136. The summed E-state index contributed by atoms with van der Waals surface area (Å²) < 4.78 is 10.5. The molecule has 0 fully saturated rings. The average Bonchev–Trinajstić information content (AvgIpc) is 2.15. The molecular formula is C10H20O3. The van der Waals surface area contributed by atoms with Gasteiger partial charge in [-0.3, -0.25) is 0 Å². The SMILES string of the molecule is CCCC(OC(C)OC)C(C)C=O. The molecule has 0 aliphatic rings. The smallest absolute Gasteiger partial charge is 0.154 e. The van der Waals surface area contributed by atoms with Crippen LogP contribution in [0.25, 0.3) is 0 Å². The molecule has 0 radical (unpaired) electrons. The highest BCUT2D eigenvalue weighted by Crippen LogP contribution is 2.13. The minimum Gasteiger partial charge on any atom is -0.356 e. The van der Waals surface area contributed by atoms with Crippen molar-refractivity contribution in [1.82, 2.24) is 0 Å². The molecule has 78 valence electrons. The fourth-order valence-electron chi connectivity index (χ4n) is 1.13. The van der Waals surface area contributed by atoms with E-state index in [-0.39, 0.29) is 18.3 Å². The molecule has 0 heterocycles. The van der Waals surface area contributed by atoms with E-state index in [0.29, 0.717) is 0 Å². The van der Waals surface area contributed by atoms with E-state index in [1.54, 1.807) is 7.11 Å². The summed E-state index contributed by atoms with van der Waals surface area (Å²) in [7, 11) is 1.60. The minimum atomic E-state index is -0.237. The molecule has 0 aromatic rings. The van der Waals surface area contributed by atoms with Gasteiger partial charge in [0.05, 0.1) is 6.10 Å². The van der Waals surface area contributed by atoms with Crippen LogP contribution in [0.5, 0.6) is 0 Å². The normalized spacial score (nSPS) is 17.8. The quantitative estimate of drug-likeness (QED) is 0.453. The molecule has 0 saturated heterocycles. The van der Waals surface area contributed by atoms with Crippen molar-refractivity contribution in [3.8, 4) is 0 Å². The van der Waals surface area contributed by atoms with Crippen LogP contribution in [-0.2, 0) is 14.3 Å². The van der Waals surface area contributed by atoms with Crippen molar-refractivity contribution in [2.75, 3.05) is 7.11 Å². The zero-order valence-corrected chi connectivity index (χ0v) is 8.95. The monoisotopic (exact) mass is 188 g/mol. The third kappa shape index (κ3) is 5.01. The Labute approximate surface area is 80.4 Å². The first kappa shape index (κ1) is 12.6. The van der Waals surface area contributed by atoms with Gasteiger partial charge in [0, 0.05) is 13.0 Å². The van der Waals surface area contributed by atoms with Crippen LogP contribution >= 0.6 is 0 Å². The summed E-state index contributed by atoms with van der Waals surface area (Å²) in [6.07, 6.45) is 2.59. The summed E-state index contributed by atoms with van der Waals surface area (Å²) >= 11 is 0. The number of aldehydes is 1. The Kier molecular flexibility index (Phi) is 6.82. The molecule has 0 N–H and O–H groups in total. The molecule has 3 unspecified atom stereocenters. The second kappa shape index (κ2) is 7.04. The van der Waals surface area contributed by atoms with Crippen molar-refractivity contribution in [2.24, 2.45) is 5.92 Å². The van der Waals surface area contributed by atoms with Crippen LogP contribution in [0.4, 0.5) is 0 Å². The van der Waals surface area contributed by atoms with Gasteiger partial charge in [0.2, 0.25) is 0 Å². The standard InChI is InChI=1S/C10H20O3/c1-5-6-10(8(2)7-11)13-9(3)12-4/h7-10H,5-6H2,1-4H3. The molecule has 0 rings (SSSR count). The lowest BCUT2D eigenvalue weighted by Gasteiger charge is -2.23. The average molecular weight is 188 g/mol. The molecule has 0 saturated carbocycles. The zero-order valence-electron chi connectivity index (χ0n) is 8.95. The molecule has 0 spiro atoms. The first-order chi connectivity index (χ1) is 6.15. The predicted molar refractivity (Wildman–Crippen MR) is 51.5 cm³/mol. The molecule has 0 bridgehead atoms. The van der Waals surface area contributed by atoms with E-state index in [1.807, 2.05) is 13.8 Å². The van der Waals surface area contributed by atoms with E-state index in [9.17, 15) is 4.79 Å². The van der Waals surface area contributed by atoms with E-state index < -0.39 is 0 Å². The number of ether oxygens (including phenoxy) is 2. The van der Waals surface area contributed by atoms with E-state index in [2.05, 4.69) is 6.92 Å². The fourth-order valence-corrected chi connectivity index (χ4v) is 1.13. The maximum Gasteiger partial charge on any atom is 0.154 e. The summed E-state index contributed by atoms with van der Waals surface area (Å²) in [5.74, 6) is -0.0578. The van der Waals surface area contributed by atoms with Gasteiger partial charge in [0.25, 0.3) is 0 Å². The van der Waals surface area contributed by atoms with Crippen LogP contribution in [0.1, 0.15) is 33.6 Å². The van der Waals surface area contributed by atoms with Gasteiger partial charge in [-0.25, -0.2) is 0 Å². The maximum atomic E-state index is 10.6. The Morgan fingerprint density at radius 3 is 2.38 bits per heavy atom. The van der Waals surface area contributed by atoms with Crippen molar-refractivity contribution < 1.29 is 14.3 Å². The van der Waals surface area contributed by atoms with Gasteiger partial charge in [0.15, 0.2) is 6.29 Å². The summed E-state index contributed by atoms with van der Waals surface area (Å²) in [5, 5.41) is 0. The Balaban J connectivity index is 3.99. The first-order valence-corrected chi connectivity index (χ1v) is 4.79. The molecule has 0 aliphatic carbocycles. The van der Waals surface area contributed by atoms with Crippen LogP contribution in [0.2, 0.25) is 0 Å². The first-order valence-electron chi connectivity index (χ1n) is 4.79. The van der Waals surface area contributed by atoms with Crippen LogP contribution in [0.15, 0.2) is 0 Å². The largest absolute Gasteiger partial charge is 0.356 e. The van der Waals surface area contributed by atoms with Crippen LogP contribution < -0.4 is 0 Å². The second-order valence-corrected chi connectivity index (χ2v) is 3.26. The highest BCUT2D eigenvalue weighted by Gasteiger charge is 2.18. The maximum absolute atomic E-state index is 10.6. The molecular weight excluding hydrogens is 168 g/mol. The molecule has 3 heteroatoms. The predicted octanol–water partition coefficient (Wildman–Crippen LogP) is 2.00. The van der Waals surface area contributed by atoms with Crippen molar-refractivity contribution >= 4 is 6.29 Å². The summed E-state index contributed by atoms with van der Waals surface area (Å²) in [5.41, 5.74) is 0. The van der Waals surface area contributed by atoms with Gasteiger partial charge < -0.3 is 14.3 Å². The number of rotatable bonds is 7. The minimum absolute atomic E-state index is 0.0163. The number of carbonyl (C=O) groups excluding carboxylic acids is 1. The molecule has 0 amide bonds. The van der Waals surface area contributed by atoms with Crippen molar-refractivity contribution in [2.45, 2.75) is 46.0 Å². The Morgan fingerprint density at radius 2 is 2.00 bits per heavy atom. The molecule has 13 heavy (non-hydrogen) atoms. The molecule has 0 aromatic heterocycles. The molecule has 0 aliphatic heterocycles. The summed E-state index contributed by atoms with van der Waals surface area (Å²) in [6.45, 7) is 5.78. The van der Waals surface area contributed by atoms with Crippen molar-refractivity contribution in [1.29, 1.82) is 0 Å². The van der Waals surface area contributed by atoms with Crippen LogP contribution in [0.3, 0.4) is 0 Å². The Morgan fingerprint density at radius 1 is 1.38 bits per heavy atom. The second-order valence-electron chi connectivity index (χ2n) is 3.26. The lowest BCUT2D eigenvalue weighted by molar-refractivity contribution is -0.160. The van der Waals surface area contributed by atoms with Gasteiger partial charge in [-0.2, -0.15) is 0 Å². The summed E-state index contributed by atoms with van der Waals surface area (Å²) in [6, 6.07) is 0. The molecule has 3 nitrogen and oxygen atoms in total. The number of methoxy groups -OCH3 is 1. The molecule has 3 atom stereocenters. The number of carbonyl (C=O) groups is 1.